The Balaban J connectivity index is 1.81. The summed E-state index contributed by atoms with van der Waals surface area (Å²) in [6, 6.07) is 4.41. The third-order valence-corrected chi connectivity index (χ3v) is 4.82. The van der Waals surface area contributed by atoms with Crippen molar-refractivity contribution in [2.45, 2.75) is 37.8 Å². The number of anilines is 1. The van der Waals surface area contributed by atoms with Crippen LogP contribution in [0.2, 0.25) is 0 Å². The van der Waals surface area contributed by atoms with E-state index in [2.05, 4.69) is 5.32 Å². The van der Waals surface area contributed by atoms with Crippen LogP contribution >= 0.6 is 0 Å². The van der Waals surface area contributed by atoms with Crippen molar-refractivity contribution >= 4 is 17.3 Å². The van der Waals surface area contributed by atoms with E-state index in [0.717, 1.165) is 0 Å². The number of carbonyl (C=O) groups excluding carboxylic acids is 1. The van der Waals surface area contributed by atoms with Crippen LogP contribution in [0.15, 0.2) is 18.2 Å². The Labute approximate surface area is 145 Å². The van der Waals surface area contributed by atoms with E-state index >= 15 is 0 Å². The van der Waals surface area contributed by atoms with Crippen molar-refractivity contribution in [1.82, 2.24) is 5.32 Å². The maximum atomic E-state index is 12.8. The number of aliphatic hydroxyl groups excluding tert-OH is 1. The number of ether oxygens (including phenoxy) is 1. The lowest BCUT2D eigenvalue weighted by molar-refractivity contribution is -0.384. The second-order valence-corrected chi connectivity index (χ2v) is 6.54. The van der Waals surface area contributed by atoms with Gasteiger partial charge in [-0.15, -0.1) is 0 Å². The van der Waals surface area contributed by atoms with Crippen LogP contribution in [0.3, 0.4) is 0 Å². The summed E-state index contributed by atoms with van der Waals surface area (Å²) in [5.74, 6) is -0.299. The van der Waals surface area contributed by atoms with Crippen molar-refractivity contribution in [2.75, 3.05) is 31.2 Å². The third kappa shape index (κ3) is 4.26. The van der Waals surface area contributed by atoms with Crippen LogP contribution < -0.4 is 10.2 Å². The van der Waals surface area contributed by atoms with E-state index in [1.165, 1.54) is 12.1 Å². The monoisotopic (exact) mass is 349 g/mol. The van der Waals surface area contributed by atoms with E-state index in [9.17, 15) is 20.0 Å². The highest BCUT2D eigenvalue weighted by molar-refractivity contribution is 6.00. The first kappa shape index (κ1) is 17.6. The molecule has 2 fully saturated rings. The molecule has 1 saturated heterocycles. The summed E-state index contributed by atoms with van der Waals surface area (Å²) in [6.07, 6.45) is 2.46. The topological polar surface area (TPSA) is 105 Å². The van der Waals surface area contributed by atoms with Crippen LogP contribution in [0.1, 0.15) is 36.0 Å². The minimum Gasteiger partial charge on any atom is -0.393 e. The van der Waals surface area contributed by atoms with Gasteiger partial charge < -0.3 is 20.1 Å². The van der Waals surface area contributed by atoms with E-state index < -0.39 is 4.92 Å². The SMILES string of the molecule is O=C(NC1CCC(O)CC1)c1cc([N+](=O)[O-])ccc1N1CCOCC1. The molecule has 25 heavy (non-hydrogen) atoms. The predicted octanol–water partition coefficient (Wildman–Crippen LogP) is 1.46. The molecule has 2 aliphatic rings. The van der Waals surface area contributed by atoms with E-state index in [1.807, 2.05) is 4.90 Å². The fourth-order valence-electron chi connectivity index (χ4n) is 3.38. The number of aliphatic hydroxyl groups is 1. The van der Waals surface area contributed by atoms with Crippen molar-refractivity contribution in [3.05, 3.63) is 33.9 Å². The number of nitro benzene ring substituents is 1. The first-order valence-corrected chi connectivity index (χ1v) is 8.64. The Morgan fingerprint density at radius 1 is 1.24 bits per heavy atom. The van der Waals surface area contributed by atoms with Crippen molar-refractivity contribution in [3.63, 3.8) is 0 Å². The molecule has 8 nitrogen and oxygen atoms in total. The van der Waals surface area contributed by atoms with E-state index in [4.69, 9.17) is 4.74 Å². The summed E-state index contributed by atoms with van der Waals surface area (Å²) in [5, 5.41) is 23.7. The molecule has 0 atom stereocenters. The highest BCUT2D eigenvalue weighted by Crippen LogP contribution is 2.27. The van der Waals surface area contributed by atoms with Crippen molar-refractivity contribution in [1.29, 1.82) is 0 Å². The Hall–Kier alpha value is -2.19. The van der Waals surface area contributed by atoms with Gasteiger partial charge in [0.15, 0.2) is 0 Å². The minimum atomic E-state index is -0.489. The molecule has 1 aliphatic heterocycles. The zero-order valence-electron chi connectivity index (χ0n) is 14.0. The van der Waals surface area contributed by atoms with Crippen LogP contribution in [0.25, 0.3) is 0 Å². The fourth-order valence-corrected chi connectivity index (χ4v) is 3.38. The van der Waals surface area contributed by atoms with E-state index in [1.54, 1.807) is 6.07 Å². The first-order chi connectivity index (χ1) is 12.0. The molecule has 1 saturated carbocycles. The molecule has 8 heteroatoms. The zero-order valence-corrected chi connectivity index (χ0v) is 14.0. The molecule has 0 spiro atoms. The lowest BCUT2D eigenvalue weighted by Gasteiger charge is -2.31. The Morgan fingerprint density at radius 2 is 1.92 bits per heavy atom. The number of hydrogen-bond acceptors (Lipinski definition) is 6. The van der Waals surface area contributed by atoms with Gasteiger partial charge in [0.25, 0.3) is 11.6 Å². The van der Waals surface area contributed by atoms with Crippen LogP contribution in [0.4, 0.5) is 11.4 Å². The maximum Gasteiger partial charge on any atom is 0.270 e. The average molecular weight is 349 g/mol. The Kier molecular flexibility index (Phi) is 5.50. The number of nitrogens with zero attached hydrogens (tertiary/aromatic N) is 2. The number of benzene rings is 1. The lowest BCUT2D eigenvalue weighted by atomic mass is 9.93. The second-order valence-electron chi connectivity index (χ2n) is 6.54. The van der Waals surface area contributed by atoms with Gasteiger partial charge in [-0.25, -0.2) is 0 Å². The van der Waals surface area contributed by atoms with Gasteiger partial charge in [-0.2, -0.15) is 0 Å². The van der Waals surface area contributed by atoms with Crippen molar-refractivity contribution in [2.24, 2.45) is 0 Å². The summed E-state index contributed by atoms with van der Waals surface area (Å²) in [7, 11) is 0. The summed E-state index contributed by atoms with van der Waals surface area (Å²) in [6.45, 7) is 2.43. The number of morpholine rings is 1. The summed E-state index contributed by atoms with van der Waals surface area (Å²) < 4.78 is 5.34. The highest BCUT2D eigenvalue weighted by atomic mass is 16.6. The number of non-ortho nitro benzene ring substituents is 1. The highest BCUT2D eigenvalue weighted by Gasteiger charge is 2.25. The number of amides is 1. The smallest absolute Gasteiger partial charge is 0.270 e. The summed E-state index contributed by atoms with van der Waals surface area (Å²) >= 11 is 0. The number of hydrogen-bond donors (Lipinski definition) is 2. The van der Waals surface area contributed by atoms with Crippen LogP contribution in [-0.2, 0) is 4.74 Å². The molecule has 1 aromatic carbocycles. The number of nitrogens with one attached hydrogen (secondary N) is 1. The van der Waals surface area contributed by atoms with Gasteiger partial charge >= 0.3 is 0 Å². The molecule has 0 unspecified atom stereocenters. The van der Waals surface area contributed by atoms with Gasteiger partial charge in [-0.05, 0) is 31.7 Å². The molecule has 0 bridgehead atoms. The number of nitro groups is 1. The standard InChI is InChI=1S/C17H23N3O5/c21-14-4-1-12(2-5-14)18-17(22)15-11-13(20(23)24)3-6-16(15)19-7-9-25-10-8-19/h3,6,11-12,14,21H,1-2,4-5,7-10H2,(H,18,22). The average Bonchev–Trinajstić information content (AvgIpc) is 2.63. The molecule has 3 rings (SSSR count). The van der Waals surface area contributed by atoms with Gasteiger partial charge in [-0.3, -0.25) is 14.9 Å². The Bertz CT molecular complexity index is 637. The normalized spacial score (nSPS) is 24.0. The summed E-state index contributed by atoms with van der Waals surface area (Å²) in [5.41, 5.74) is 0.922. The Morgan fingerprint density at radius 3 is 2.56 bits per heavy atom. The van der Waals surface area contributed by atoms with Crippen molar-refractivity contribution < 1.29 is 19.6 Å². The van der Waals surface area contributed by atoms with E-state index in [0.29, 0.717) is 63.2 Å². The van der Waals surface area contributed by atoms with Gasteiger partial charge in [0.2, 0.25) is 0 Å². The van der Waals surface area contributed by atoms with Crippen molar-refractivity contribution in [3.8, 4) is 0 Å². The molecular weight excluding hydrogens is 326 g/mol. The maximum absolute atomic E-state index is 12.8. The molecule has 136 valence electrons. The lowest BCUT2D eigenvalue weighted by Crippen LogP contribution is -2.41. The van der Waals surface area contributed by atoms with E-state index in [-0.39, 0.29) is 23.7 Å². The zero-order chi connectivity index (χ0) is 17.8. The summed E-state index contributed by atoms with van der Waals surface area (Å²) in [4.78, 5) is 25.4. The number of rotatable bonds is 4. The third-order valence-electron chi connectivity index (χ3n) is 4.82. The molecule has 0 aromatic heterocycles. The quantitative estimate of drug-likeness (QED) is 0.630. The fraction of sp³-hybridized carbons (Fsp3) is 0.588. The van der Waals surface area contributed by atoms with Gasteiger partial charge in [-0.1, -0.05) is 0 Å². The molecule has 2 N–H and O–H groups in total. The molecule has 1 amide bonds. The molecule has 1 heterocycles. The van der Waals surface area contributed by atoms with Crippen LogP contribution in [-0.4, -0.2) is 54.4 Å². The molecular formula is C17H23N3O5. The van der Waals surface area contributed by atoms with Gasteiger partial charge in [0.05, 0.1) is 35.5 Å². The second kappa shape index (κ2) is 7.79. The van der Waals surface area contributed by atoms with Gasteiger partial charge in [0, 0.05) is 31.3 Å². The largest absolute Gasteiger partial charge is 0.393 e. The molecule has 1 aliphatic carbocycles. The first-order valence-electron chi connectivity index (χ1n) is 8.64. The van der Waals surface area contributed by atoms with Gasteiger partial charge in [0.1, 0.15) is 0 Å². The number of carbonyl (C=O) groups is 1. The predicted molar refractivity (Wildman–Crippen MR) is 91.9 cm³/mol. The molecule has 0 radical (unpaired) electrons. The minimum absolute atomic E-state index is 0.00676. The molecule has 1 aromatic rings. The van der Waals surface area contributed by atoms with Crippen LogP contribution in [0, 0.1) is 10.1 Å². The van der Waals surface area contributed by atoms with Crippen LogP contribution in [0.5, 0.6) is 0 Å².